The number of para-hydroxylation sites is 1. The molecule has 0 aliphatic heterocycles. The van der Waals surface area contributed by atoms with Crippen molar-refractivity contribution in [1.82, 2.24) is 0 Å². The summed E-state index contributed by atoms with van der Waals surface area (Å²) in [6.07, 6.45) is 2.19. The number of nitrogens with one attached hydrogen (secondary N) is 1. The Morgan fingerprint density at radius 3 is 2.53 bits per heavy atom. The predicted octanol–water partition coefficient (Wildman–Crippen LogP) is 4.52. The minimum atomic E-state index is 0.0265. The summed E-state index contributed by atoms with van der Waals surface area (Å²) in [5.41, 5.74) is 1.97. The summed E-state index contributed by atoms with van der Waals surface area (Å²) in [5, 5.41) is 3.51. The first kappa shape index (κ1) is 14.1. The molecular weight excluding hydrogens is 258 g/mol. The summed E-state index contributed by atoms with van der Waals surface area (Å²) in [5.74, 6) is 0.402. The molecule has 0 saturated heterocycles. The lowest BCUT2D eigenvalue weighted by molar-refractivity contribution is -0.118. The van der Waals surface area contributed by atoms with Gasteiger partial charge in [0.25, 0.3) is 0 Å². The Hall–Kier alpha value is -1.28. The molecule has 3 heteroatoms. The first-order chi connectivity index (χ1) is 8.84. The van der Waals surface area contributed by atoms with E-state index < -0.39 is 0 Å². The molecule has 1 aliphatic carbocycles. The SMILES string of the molecule is CC(C)=CC1C(C(=O)Nc2ccccc2Cl)C1(C)C. The molecule has 1 amide bonds. The van der Waals surface area contributed by atoms with E-state index in [9.17, 15) is 4.79 Å². The van der Waals surface area contributed by atoms with Crippen LogP contribution in [0.2, 0.25) is 5.02 Å². The second-order valence-corrected chi connectivity index (χ2v) is 6.45. The fraction of sp³-hybridized carbons (Fsp3) is 0.438. The Morgan fingerprint density at radius 2 is 1.95 bits per heavy atom. The normalized spacial score (nSPS) is 23.6. The van der Waals surface area contributed by atoms with Crippen LogP contribution in [0.15, 0.2) is 35.9 Å². The molecule has 0 spiro atoms. The van der Waals surface area contributed by atoms with E-state index in [2.05, 4.69) is 39.1 Å². The van der Waals surface area contributed by atoms with E-state index in [4.69, 9.17) is 11.6 Å². The fourth-order valence-electron chi connectivity index (χ4n) is 2.62. The lowest BCUT2D eigenvalue weighted by Gasteiger charge is -2.07. The van der Waals surface area contributed by atoms with Crippen molar-refractivity contribution in [1.29, 1.82) is 0 Å². The van der Waals surface area contributed by atoms with E-state index >= 15 is 0 Å². The molecular formula is C16H20ClNO. The number of anilines is 1. The third-order valence-corrected chi connectivity index (χ3v) is 4.17. The maximum atomic E-state index is 12.3. The Bertz CT molecular complexity index is 529. The highest BCUT2D eigenvalue weighted by Crippen LogP contribution is 2.59. The number of hydrogen-bond acceptors (Lipinski definition) is 1. The number of hydrogen-bond donors (Lipinski definition) is 1. The number of carbonyl (C=O) groups is 1. The first-order valence-electron chi connectivity index (χ1n) is 6.54. The zero-order valence-electron chi connectivity index (χ0n) is 11.8. The maximum Gasteiger partial charge on any atom is 0.228 e. The van der Waals surface area contributed by atoms with E-state index in [1.165, 1.54) is 5.57 Å². The van der Waals surface area contributed by atoms with Crippen molar-refractivity contribution in [2.45, 2.75) is 27.7 Å². The van der Waals surface area contributed by atoms with E-state index in [0.29, 0.717) is 16.6 Å². The molecule has 102 valence electrons. The Morgan fingerprint density at radius 1 is 1.32 bits per heavy atom. The van der Waals surface area contributed by atoms with Gasteiger partial charge in [0.05, 0.1) is 16.6 Å². The van der Waals surface area contributed by atoms with Crippen LogP contribution in [-0.4, -0.2) is 5.91 Å². The standard InChI is InChI=1S/C16H20ClNO/c1-10(2)9-11-14(16(11,3)4)15(19)18-13-8-6-5-7-12(13)17/h5-9,11,14H,1-4H3,(H,18,19). The third kappa shape index (κ3) is 2.84. The van der Waals surface area contributed by atoms with Crippen molar-refractivity contribution >= 4 is 23.2 Å². The van der Waals surface area contributed by atoms with Gasteiger partial charge in [-0.05, 0) is 37.3 Å². The van der Waals surface area contributed by atoms with Gasteiger partial charge in [0.15, 0.2) is 0 Å². The van der Waals surface area contributed by atoms with Crippen LogP contribution in [0.1, 0.15) is 27.7 Å². The van der Waals surface area contributed by atoms with Gasteiger partial charge in [-0.1, -0.05) is 49.2 Å². The maximum absolute atomic E-state index is 12.3. The van der Waals surface area contributed by atoms with E-state index in [-0.39, 0.29) is 17.2 Å². The van der Waals surface area contributed by atoms with Crippen molar-refractivity contribution in [3.8, 4) is 0 Å². The second kappa shape index (κ2) is 5.01. The molecule has 0 heterocycles. The summed E-state index contributed by atoms with van der Waals surface area (Å²) in [6, 6.07) is 7.33. The third-order valence-electron chi connectivity index (χ3n) is 3.84. The topological polar surface area (TPSA) is 29.1 Å². The van der Waals surface area contributed by atoms with Gasteiger partial charge in [-0.3, -0.25) is 4.79 Å². The fourth-order valence-corrected chi connectivity index (χ4v) is 2.80. The number of halogens is 1. The molecule has 0 radical (unpaired) electrons. The molecule has 0 bridgehead atoms. The molecule has 1 N–H and O–H groups in total. The largest absolute Gasteiger partial charge is 0.324 e. The molecule has 0 aromatic heterocycles. The van der Waals surface area contributed by atoms with Gasteiger partial charge in [-0.25, -0.2) is 0 Å². The Labute approximate surface area is 119 Å². The first-order valence-corrected chi connectivity index (χ1v) is 6.92. The quantitative estimate of drug-likeness (QED) is 0.809. The highest BCUT2D eigenvalue weighted by molar-refractivity contribution is 6.33. The van der Waals surface area contributed by atoms with Gasteiger partial charge < -0.3 is 5.32 Å². The average Bonchev–Trinajstić information content (AvgIpc) is 2.82. The van der Waals surface area contributed by atoms with Crippen LogP contribution in [0.5, 0.6) is 0 Å². The lowest BCUT2D eigenvalue weighted by atomic mass is 10.1. The molecule has 19 heavy (non-hydrogen) atoms. The van der Waals surface area contributed by atoms with Crippen molar-refractivity contribution in [3.05, 3.63) is 40.9 Å². The molecule has 2 nitrogen and oxygen atoms in total. The van der Waals surface area contributed by atoms with E-state index in [1.807, 2.05) is 18.2 Å². The summed E-state index contributed by atoms with van der Waals surface area (Å²) < 4.78 is 0. The number of carbonyl (C=O) groups excluding carboxylic acids is 1. The zero-order valence-corrected chi connectivity index (χ0v) is 12.6. The molecule has 1 aromatic rings. The van der Waals surface area contributed by atoms with Gasteiger partial charge in [-0.2, -0.15) is 0 Å². The monoisotopic (exact) mass is 277 g/mol. The van der Waals surface area contributed by atoms with E-state index in [0.717, 1.165) is 0 Å². The minimum Gasteiger partial charge on any atom is -0.324 e. The van der Waals surface area contributed by atoms with Gasteiger partial charge >= 0.3 is 0 Å². The molecule has 1 fully saturated rings. The summed E-state index contributed by atoms with van der Waals surface area (Å²) in [4.78, 5) is 12.3. The van der Waals surface area contributed by atoms with Crippen LogP contribution < -0.4 is 5.32 Å². The molecule has 1 aliphatic rings. The van der Waals surface area contributed by atoms with Crippen LogP contribution in [0.3, 0.4) is 0 Å². The highest BCUT2D eigenvalue weighted by atomic mass is 35.5. The van der Waals surface area contributed by atoms with Crippen LogP contribution in [-0.2, 0) is 4.79 Å². The lowest BCUT2D eigenvalue weighted by Crippen LogP contribution is -2.17. The number of benzene rings is 1. The van der Waals surface area contributed by atoms with Crippen LogP contribution in [0, 0.1) is 17.3 Å². The van der Waals surface area contributed by atoms with Crippen molar-refractivity contribution in [2.75, 3.05) is 5.32 Å². The molecule has 1 saturated carbocycles. The van der Waals surface area contributed by atoms with Crippen LogP contribution in [0.25, 0.3) is 0 Å². The summed E-state index contributed by atoms with van der Waals surface area (Å²) in [7, 11) is 0. The second-order valence-electron chi connectivity index (χ2n) is 6.04. The predicted molar refractivity (Wildman–Crippen MR) is 80.3 cm³/mol. The van der Waals surface area contributed by atoms with Crippen molar-refractivity contribution in [2.24, 2.45) is 17.3 Å². The van der Waals surface area contributed by atoms with Gasteiger partial charge in [0, 0.05) is 0 Å². The summed E-state index contributed by atoms with van der Waals surface area (Å²) in [6.45, 7) is 8.40. The molecule has 2 rings (SSSR count). The van der Waals surface area contributed by atoms with Crippen molar-refractivity contribution < 1.29 is 4.79 Å². The van der Waals surface area contributed by atoms with E-state index in [1.54, 1.807) is 6.07 Å². The van der Waals surface area contributed by atoms with Crippen LogP contribution >= 0.6 is 11.6 Å². The molecule has 2 unspecified atom stereocenters. The summed E-state index contributed by atoms with van der Waals surface area (Å²) >= 11 is 6.06. The Kier molecular flexibility index (Phi) is 3.73. The van der Waals surface area contributed by atoms with Gasteiger partial charge in [0.1, 0.15) is 0 Å². The van der Waals surface area contributed by atoms with Crippen molar-refractivity contribution in [3.63, 3.8) is 0 Å². The zero-order chi connectivity index (χ0) is 14.2. The number of amides is 1. The highest BCUT2D eigenvalue weighted by Gasteiger charge is 2.60. The number of allylic oxidation sites excluding steroid dienone is 2. The number of rotatable bonds is 3. The Balaban J connectivity index is 2.10. The minimum absolute atomic E-state index is 0.0265. The van der Waals surface area contributed by atoms with Crippen LogP contribution in [0.4, 0.5) is 5.69 Å². The van der Waals surface area contributed by atoms with Gasteiger partial charge in [0.2, 0.25) is 5.91 Å². The smallest absolute Gasteiger partial charge is 0.228 e. The molecule has 2 atom stereocenters. The molecule has 1 aromatic carbocycles. The average molecular weight is 278 g/mol. The van der Waals surface area contributed by atoms with Gasteiger partial charge in [-0.15, -0.1) is 0 Å².